The van der Waals surface area contributed by atoms with Crippen molar-refractivity contribution >= 4 is 11.9 Å². The van der Waals surface area contributed by atoms with Gasteiger partial charge in [0.25, 0.3) is 5.91 Å². The number of halogens is 1. The van der Waals surface area contributed by atoms with E-state index in [9.17, 15) is 14.0 Å². The highest BCUT2D eigenvalue weighted by atomic mass is 19.1. The normalized spacial score (nSPS) is 11.8. The first kappa shape index (κ1) is 15.7. The molecule has 7 heteroatoms. The maximum atomic E-state index is 13.6. The van der Waals surface area contributed by atoms with Gasteiger partial charge in [0.1, 0.15) is 11.9 Å². The van der Waals surface area contributed by atoms with E-state index in [2.05, 4.69) is 10.5 Å². The maximum absolute atomic E-state index is 13.6. The molecule has 2 aromatic rings. The molecule has 1 N–H and O–H groups in total. The predicted octanol–water partition coefficient (Wildman–Crippen LogP) is 2.16. The van der Waals surface area contributed by atoms with Crippen molar-refractivity contribution in [3.05, 3.63) is 41.8 Å². The summed E-state index contributed by atoms with van der Waals surface area (Å²) in [6.07, 6.45) is 0. The van der Waals surface area contributed by atoms with Gasteiger partial charge >= 0.3 is 5.97 Å². The summed E-state index contributed by atoms with van der Waals surface area (Å²) in [5.41, 5.74) is 0.155. The van der Waals surface area contributed by atoms with Crippen molar-refractivity contribution in [3.63, 3.8) is 0 Å². The number of rotatable bonds is 5. The zero-order valence-electron chi connectivity index (χ0n) is 12.1. The summed E-state index contributed by atoms with van der Waals surface area (Å²) < 4.78 is 23.4. The Hall–Kier alpha value is -2.70. The quantitative estimate of drug-likeness (QED) is 0.856. The van der Waals surface area contributed by atoms with Crippen molar-refractivity contribution in [2.45, 2.75) is 19.9 Å². The zero-order valence-corrected chi connectivity index (χ0v) is 12.1. The summed E-state index contributed by atoms with van der Waals surface area (Å²) in [7, 11) is 0. The highest BCUT2D eigenvalue weighted by Crippen LogP contribution is 2.23. The van der Waals surface area contributed by atoms with Gasteiger partial charge in [-0.3, -0.25) is 4.79 Å². The van der Waals surface area contributed by atoms with Gasteiger partial charge in [0.15, 0.2) is 11.5 Å². The monoisotopic (exact) mass is 306 g/mol. The van der Waals surface area contributed by atoms with E-state index in [4.69, 9.17) is 9.26 Å². The van der Waals surface area contributed by atoms with Gasteiger partial charge in [-0.1, -0.05) is 17.3 Å². The maximum Gasteiger partial charge on any atom is 0.328 e. The van der Waals surface area contributed by atoms with Crippen molar-refractivity contribution in [1.29, 1.82) is 0 Å². The lowest BCUT2D eigenvalue weighted by molar-refractivity contribution is -0.144. The van der Waals surface area contributed by atoms with Crippen LogP contribution >= 0.6 is 0 Å². The Labute approximate surface area is 126 Å². The minimum atomic E-state index is -0.818. The van der Waals surface area contributed by atoms with Gasteiger partial charge in [0, 0.05) is 6.07 Å². The van der Waals surface area contributed by atoms with Crippen LogP contribution in [-0.4, -0.2) is 29.7 Å². The van der Waals surface area contributed by atoms with Crippen LogP contribution in [-0.2, 0) is 9.53 Å². The summed E-state index contributed by atoms with van der Waals surface area (Å²) in [4.78, 5) is 23.4. The van der Waals surface area contributed by atoms with Gasteiger partial charge in [-0.25, -0.2) is 9.18 Å². The number of hydrogen-bond donors (Lipinski definition) is 1. The van der Waals surface area contributed by atoms with Gasteiger partial charge in [-0.2, -0.15) is 0 Å². The van der Waals surface area contributed by atoms with Gasteiger partial charge in [-0.05, 0) is 26.0 Å². The van der Waals surface area contributed by atoms with Crippen molar-refractivity contribution in [2.24, 2.45) is 0 Å². The SMILES string of the molecule is CCOC(=O)[C@H](C)NC(=O)c1cc(-c2ccccc2F)on1. The first-order valence-electron chi connectivity index (χ1n) is 6.72. The molecule has 0 bridgehead atoms. The molecule has 0 aliphatic rings. The van der Waals surface area contributed by atoms with E-state index in [1.54, 1.807) is 19.1 Å². The first-order chi connectivity index (χ1) is 10.5. The van der Waals surface area contributed by atoms with Crippen LogP contribution in [0.3, 0.4) is 0 Å². The second kappa shape index (κ2) is 6.84. The topological polar surface area (TPSA) is 81.4 Å². The molecule has 1 atom stereocenters. The van der Waals surface area contributed by atoms with E-state index >= 15 is 0 Å². The zero-order chi connectivity index (χ0) is 16.1. The fourth-order valence-corrected chi connectivity index (χ4v) is 1.77. The molecule has 1 heterocycles. The molecular formula is C15H15FN2O4. The van der Waals surface area contributed by atoms with E-state index in [0.29, 0.717) is 0 Å². The fourth-order valence-electron chi connectivity index (χ4n) is 1.77. The number of esters is 1. The average molecular weight is 306 g/mol. The molecule has 0 unspecified atom stereocenters. The van der Waals surface area contributed by atoms with Crippen LogP contribution in [0.15, 0.2) is 34.9 Å². The van der Waals surface area contributed by atoms with Crippen molar-refractivity contribution in [3.8, 4) is 11.3 Å². The lowest BCUT2D eigenvalue weighted by Crippen LogP contribution is -2.39. The Morgan fingerprint density at radius 1 is 1.41 bits per heavy atom. The van der Waals surface area contributed by atoms with E-state index < -0.39 is 23.7 Å². The van der Waals surface area contributed by atoms with Gasteiger partial charge in [0.05, 0.1) is 12.2 Å². The molecule has 0 saturated carbocycles. The van der Waals surface area contributed by atoms with Crippen LogP contribution in [0.25, 0.3) is 11.3 Å². The van der Waals surface area contributed by atoms with Crippen LogP contribution in [0.1, 0.15) is 24.3 Å². The highest BCUT2D eigenvalue weighted by molar-refractivity contribution is 5.95. The third-order valence-electron chi connectivity index (χ3n) is 2.87. The van der Waals surface area contributed by atoms with Crippen LogP contribution in [0.2, 0.25) is 0 Å². The number of aromatic nitrogens is 1. The summed E-state index contributed by atoms with van der Waals surface area (Å²) >= 11 is 0. The molecule has 6 nitrogen and oxygen atoms in total. The lowest BCUT2D eigenvalue weighted by Gasteiger charge is -2.10. The summed E-state index contributed by atoms with van der Waals surface area (Å²) in [6.45, 7) is 3.39. The molecule has 1 amide bonds. The van der Waals surface area contributed by atoms with Crippen LogP contribution in [0.5, 0.6) is 0 Å². The Kier molecular flexibility index (Phi) is 4.88. The Morgan fingerprint density at radius 3 is 2.82 bits per heavy atom. The number of ether oxygens (including phenoxy) is 1. The fraction of sp³-hybridized carbons (Fsp3) is 0.267. The molecule has 0 saturated heterocycles. The number of carbonyl (C=O) groups excluding carboxylic acids is 2. The molecule has 116 valence electrons. The minimum Gasteiger partial charge on any atom is -0.464 e. The second-order valence-corrected chi connectivity index (χ2v) is 4.50. The molecule has 1 aromatic carbocycles. The van der Waals surface area contributed by atoms with Gasteiger partial charge in [-0.15, -0.1) is 0 Å². The summed E-state index contributed by atoms with van der Waals surface area (Å²) in [5.74, 6) is -1.50. The van der Waals surface area contributed by atoms with Crippen LogP contribution in [0, 0.1) is 5.82 Å². The van der Waals surface area contributed by atoms with Crippen molar-refractivity contribution < 1.29 is 23.2 Å². The third-order valence-corrected chi connectivity index (χ3v) is 2.87. The van der Waals surface area contributed by atoms with Gasteiger partial charge in [0.2, 0.25) is 0 Å². The molecule has 0 aliphatic carbocycles. The number of nitrogens with zero attached hydrogens (tertiary/aromatic N) is 1. The Balaban J connectivity index is 2.10. The average Bonchev–Trinajstić information content (AvgIpc) is 2.97. The molecule has 2 rings (SSSR count). The number of amides is 1. The number of hydrogen-bond acceptors (Lipinski definition) is 5. The Bertz CT molecular complexity index is 684. The largest absolute Gasteiger partial charge is 0.464 e. The van der Waals surface area contributed by atoms with E-state index in [1.807, 2.05) is 0 Å². The standard InChI is InChI=1S/C15H15FN2O4/c1-3-21-15(20)9(2)17-14(19)12-8-13(22-18-12)10-6-4-5-7-11(10)16/h4-9H,3H2,1-2H3,(H,17,19)/t9-/m0/s1. The smallest absolute Gasteiger partial charge is 0.328 e. The molecular weight excluding hydrogens is 291 g/mol. The summed E-state index contributed by atoms with van der Waals surface area (Å²) in [5, 5.41) is 6.02. The van der Waals surface area contributed by atoms with E-state index in [-0.39, 0.29) is 23.6 Å². The Morgan fingerprint density at radius 2 is 2.14 bits per heavy atom. The predicted molar refractivity (Wildman–Crippen MR) is 75.5 cm³/mol. The number of carbonyl (C=O) groups is 2. The lowest BCUT2D eigenvalue weighted by atomic mass is 10.1. The third kappa shape index (κ3) is 3.49. The molecule has 0 aliphatic heterocycles. The van der Waals surface area contributed by atoms with Crippen LogP contribution < -0.4 is 5.32 Å². The molecule has 0 spiro atoms. The number of benzene rings is 1. The molecule has 1 aromatic heterocycles. The highest BCUT2D eigenvalue weighted by Gasteiger charge is 2.21. The molecule has 0 fully saturated rings. The second-order valence-electron chi connectivity index (χ2n) is 4.50. The number of nitrogens with one attached hydrogen (secondary N) is 1. The van der Waals surface area contributed by atoms with Crippen LogP contribution in [0.4, 0.5) is 4.39 Å². The first-order valence-corrected chi connectivity index (χ1v) is 6.72. The van der Waals surface area contributed by atoms with E-state index in [0.717, 1.165) is 0 Å². The van der Waals surface area contributed by atoms with Crippen molar-refractivity contribution in [2.75, 3.05) is 6.61 Å². The minimum absolute atomic E-state index is 0.0469. The molecule has 0 radical (unpaired) electrons. The molecule has 22 heavy (non-hydrogen) atoms. The van der Waals surface area contributed by atoms with Crippen molar-refractivity contribution in [1.82, 2.24) is 10.5 Å². The summed E-state index contributed by atoms with van der Waals surface area (Å²) in [6, 6.07) is 6.47. The van der Waals surface area contributed by atoms with Gasteiger partial charge < -0.3 is 14.6 Å². The van der Waals surface area contributed by atoms with E-state index in [1.165, 1.54) is 25.1 Å².